The van der Waals surface area contributed by atoms with E-state index in [4.69, 9.17) is 11.6 Å². The number of para-hydroxylation sites is 1. The van der Waals surface area contributed by atoms with E-state index in [9.17, 15) is 4.79 Å². The van der Waals surface area contributed by atoms with E-state index >= 15 is 0 Å². The van der Waals surface area contributed by atoms with Gasteiger partial charge in [0.25, 0.3) is 0 Å². The van der Waals surface area contributed by atoms with Crippen molar-refractivity contribution in [3.05, 3.63) is 58.1 Å². The molecular weight excluding hydrogens is 308 g/mol. The van der Waals surface area contributed by atoms with Gasteiger partial charge in [-0.15, -0.1) is 0 Å². The number of aryl methyl sites for hydroxylation is 2. The predicted octanol–water partition coefficient (Wildman–Crippen LogP) is 4.35. The van der Waals surface area contributed by atoms with Gasteiger partial charge in [0.2, 0.25) is 5.91 Å². The number of amides is 1. The van der Waals surface area contributed by atoms with E-state index in [0.717, 1.165) is 23.2 Å². The molecule has 3 nitrogen and oxygen atoms in total. The molecule has 0 fully saturated rings. The minimum absolute atomic E-state index is 0.0394. The smallest absolute Gasteiger partial charge is 0.243 e. The third-order valence-electron chi connectivity index (χ3n) is 4.36. The van der Waals surface area contributed by atoms with Gasteiger partial charge in [-0.05, 0) is 56.0 Å². The number of carbonyl (C=O) groups is 1. The van der Waals surface area contributed by atoms with Crippen molar-refractivity contribution < 1.29 is 4.79 Å². The van der Waals surface area contributed by atoms with Crippen LogP contribution in [0.3, 0.4) is 0 Å². The molecule has 0 aliphatic carbocycles. The van der Waals surface area contributed by atoms with Crippen LogP contribution in [0.4, 0.5) is 11.4 Å². The largest absolute Gasteiger partial charge is 0.359 e. The Labute approximate surface area is 142 Å². The maximum atomic E-state index is 12.5. The second-order valence-corrected chi connectivity index (χ2v) is 6.70. The van der Waals surface area contributed by atoms with Crippen LogP contribution in [0.15, 0.2) is 36.4 Å². The van der Waals surface area contributed by atoms with Crippen molar-refractivity contribution in [3.63, 3.8) is 0 Å². The Morgan fingerprint density at radius 2 is 2.04 bits per heavy atom. The Balaban J connectivity index is 1.76. The van der Waals surface area contributed by atoms with Crippen LogP contribution in [0.25, 0.3) is 0 Å². The van der Waals surface area contributed by atoms with Crippen LogP contribution < -0.4 is 10.2 Å². The number of hydrogen-bond acceptors (Lipinski definition) is 2. The summed E-state index contributed by atoms with van der Waals surface area (Å²) in [4.78, 5) is 14.7. The first kappa shape index (κ1) is 15.9. The molecule has 2 aromatic carbocycles. The Bertz CT molecular complexity index is 734. The number of hydrogen-bond donors (Lipinski definition) is 1. The lowest BCUT2D eigenvalue weighted by Gasteiger charge is -2.24. The minimum atomic E-state index is -0.0394. The summed E-state index contributed by atoms with van der Waals surface area (Å²) in [5, 5.41) is 3.56. The molecule has 2 aromatic rings. The van der Waals surface area contributed by atoms with Gasteiger partial charge in [0, 0.05) is 11.7 Å². The molecule has 120 valence electrons. The topological polar surface area (TPSA) is 32.3 Å². The summed E-state index contributed by atoms with van der Waals surface area (Å²) in [6.07, 6.45) is 0.980. The zero-order chi connectivity index (χ0) is 16.6. The molecule has 1 amide bonds. The van der Waals surface area contributed by atoms with Crippen molar-refractivity contribution in [1.29, 1.82) is 0 Å². The standard InChI is InChI=1S/C19H21ClN2O/c1-12-8-13(2)19(16(20)9-12)21-18(23)11-22-14(3)10-15-6-4-5-7-17(15)22/h4-9,14H,10-11H2,1-3H3,(H,21,23). The molecule has 0 aromatic heterocycles. The van der Waals surface area contributed by atoms with Gasteiger partial charge in [-0.2, -0.15) is 0 Å². The highest BCUT2D eigenvalue weighted by molar-refractivity contribution is 6.34. The highest BCUT2D eigenvalue weighted by Gasteiger charge is 2.27. The summed E-state index contributed by atoms with van der Waals surface area (Å²) < 4.78 is 0. The zero-order valence-electron chi connectivity index (χ0n) is 13.7. The van der Waals surface area contributed by atoms with Crippen LogP contribution in [-0.4, -0.2) is 18.5 Å². The molecule has 1 unspecified atom stereocenters. The molecule has 0 bridgehead atoms. The summed E-state index contributed by atoms with van der Waals surface area (Å²) in [7, 11) is 0. The molecule has 1 aliphatic heterocycles. The number of nitrogens with zero attached hydrogens (tertiary/aromatic N) is 1. The molecule has 3 rings (SSSR count). The van der Waals surface area contributed by atoms with E-state index in [-0.39, 0.29) is 5.91 Å². The zero-order valence-corrected chi connectivity index (χ0v) is 14.4. The molecule has 0 saturated carbocycles. The van der Waals surface area contributed by atoms with Gasteiger partial charge < -0.3 is 10.2 Å². The predicted molar refractivity (Wildman–Crippen MR) is 96.5 cm³/mol. The first-order valence-corrected chi connectivity index (χ1v) is 8.24. The summed E-state index contributed by atoms with van der Waals surface area (Å²) >= 11 is 6.28. The molecule has 1 aliphatic rings. The fourth-order valence-corrected chi connectivity index (χ4v) is 3.65. The van der Waals surface area contributed by atoms with Crippen molar-refractivity contribution in [2.45, 2.75) is 33.2 Å². The highest BCUT2D eigenvalue weighted by Crippen LogP contribution is 2.32. The molecule has 0 radical (unpaired) electrons. The SMILES string of the molecule is Cc1cc(C)c(NC(=O)CN2c3ccccc3CC2C)c(Cl)c1. The molecular formula is C19H21ClN2O. The van der Waals surface area contributed by atoms with Crippen molar-refractivity contribution in [2.24, 2.45) is 0 Å². The number of rotatable bonds is 3. The maximum Gasteiger partial charge on any atom is 0.243 e. The van der Waals surface area contributed by atoms with Crippen LogP contribution in [0.2, 0.25) is 5.02 Å². The Morgan fingerprint density at radius 1 is 1.30 bits per heavy atom. The maximum absolute atomic E-state index is 12.5. The lowest BCUT2D eigenvalue weighted by Crippen LogP contribution is -2.37. The lowest BCUT2D eigenvalue weighted by molar-refractivity contribution is -0.115. The average molecular weight is 329 g/mol. The van der Waals surface area contributed by atoms with Gasteiger partial charge in [-0.25, -0.2) is 0 Å². The number of anilines is 2. The van der Waals surface area contributed by atoms with E-state index < -0.39 is 0 Å². The third-order valence-corrected chi connectivity index (χ3v) is 4.66. The van der Waals surface area contributed by atoms with Crippen molar-refractivity contribution >= 4 is 28.9 Å². The van der Waals surface area contributed by atoms with E-state index in [1.165, 1.54) is 5.56 Å². The van der Waals surface area contributed by atoms with Crippen molar-refractivity contribution in [3.8, 4) is 0 Å². The van der Waals surface area contributed by atoms with Gasteiger partial charge in [-0.1, -0.05) is 35.9 Å². The molecule has 1 N–H and O–H groups in total. The van der Waals surface area contributed by atoms with E-state index in [2.05, 4.69) is 29.3 Å². The number of benzene rings is 2. The van der Waals surface area contributed by atoms with Gasteiger partial charge in [-0.3, -0.25) is 4.79 Å². The highest BCUT2D eigenvalue weighted by atomic mass is 35.5. The van der Waals surface area contributed by atoms with E-state index in [1.54, 1.807) is 0 Å². The molecule has 1 heterocycles. The molecule has 0 saturated heterocycles. The molecule has 4 heteroatoms. The first-order chi connectivity index (χ1) is 11.0. The number of halogens is 1. The monoisotopic (exact) mass is 328 g/mol. The number of nitrogens with one attached hydrogen (secondary N) is 1. The second kappa shape index (κ2) is 6.25. The van der Waals surface area contributed by atoms with Crippen LogP contribution in [-0.2, 0) is 11.2 Å². The quantitative estimate of drug-likeness (QED) is 0.908. The van der Waals surface area contributed by atoms with Gasteiger partial charge in [0.15, 0.2) is 0 Å². The van der Waals surface area contributed by atoms with Gasteiger partial charge >= 0.3 is 0 Å². The summed E-state index contributed by atoms with van der Waals surface area (Å²) in [5.41, 5.74) is 5.24. The summed E-state index contributed by atoms with van der Waals surface area (Å²) in [6.45, 7) is 6.44. The fourth-order valence-electron chi connectivity index (χ4n) is 3.28. The van der Waals surface area contributed by atoms with Crippen molar-refractivity contribution in [2.75, 3.05) is 16.8 Å². The molecule has 0 spiro atoms. The summed E-state index contributed by atoms with van der Waals surface area (Å²) in [5.74, 6) is -0.0394. The molecule has 1 atom stereocenters. The summed E-state index contributed by atoms with van der Waals surface area (Å²) in [6, 6.07) is 12.5. The lowest BCUT2D eigenvalue weighted by atomic mass is 10.1. The Kier molecular flexibility index (Phi) is 4.31. The van der Waals surface area contributed by atoms with E-state index in [0.29, 0.717) is 23.3 Å². The number of fused-ring (bicyclic) bond motifs is 1. The second-order valence-electron chi connectivity index (χ2n) is 6.30. The van der Waals surface area contributed by atoms with Crippen LogP contribution >= 0.6 is 11.6 Å². The van der Waals surface area contributed by atoms with E-state index in [1.807, 2.05) is 38.1 Å². The van der Waals surface area contributed by atoms with Crippen LogP contribution in [0, 0.1) is 13.8 Å². The number of carbonyl (C=O) groups excluding carboxylic acids is 1. The Hall–Kier alpha value is -2.00. The minimum Gasteiger partial charge on any atom is -0.359 e. The van der Waals surface area contributed by atoms with Crippen molar-refractivity contribution in [1.82, 2.24) is 0 Å². The normalized spacial score (nSPS) is 16.3. The van der Waals surface area contributed by atoms with Crippen LogP contribution in [0.1, 0.15) is 23.6 Å². The first-order valence-electron chi connectivity index (χ1n) is 7.87. The average Bonchev–Trinajstić information content (AvgIpc) is 2.79. The molecule has 23 heavy (non-hydrogen) atoms. The van der Waals surface area contributed by atoms with Crippen LogP contribution in [0.5, 0.6) is 0 Å². The Morgan fingerprint density at radius 3 is 2.78 bits per heavy atom. The third kappa shape index (κ3) is 3.20. The fraction of sp³-hybridized carbons (Fsp3) is 0.316. The van der Waals surface area contributed by atoms with Gasteiger partial charge in [0.1, 0.15) is 0 Å². The van der Waals surface area contributed by atoms with Gasteiger partial charge in [0.05, 0.1) is 17.3 Å².